The van der Waals surface area contributed by atoms with Crippen LogP contribution in [0.1, 0.15) is 19.3 Å². The molecule has 2 fully saturated rings. The third-order valence-electron chi connectivity index (χ3n) is 7.86. The van der Waals surface area contributed by atoms with Crippen LogP contribution < -0.4 is 25.8 Å². The number of anilines is 4. The molecule has 9 nitrogen and oxygen atoms in total. The third-order valence-corrected chi connectivity index (χ3v) is 8.14. The fourth-order valence-electron chi connectivity index (χ4n) is 5.37. The van der Waals surface area contributed by atoms with Crippen molar-refractivity contribution >= 4 is 45.6 Å². The Balaban J connectivity index is 1.35. The number of nitrogens with zero attached hydrogens (tertiary/aromatic N) is 4. The lowest BCUT2D eigenvalue weighted by molar-refractivity contribution is -0.0881. The minimum atomic E-state index is -3.16. The first-order valence-electron chi connectivity index (χ1n) is 13.0. The van der Waals surface area contributed by atoms with E-state index in [-0.39, 0.29) is 47.2 Å². The van der Waals surface area contributed by atoms with Gasteiger partial charge in [-0.05, 0) is 37.0 Å². The van der Waals surface area contributed by atoms with Gasteiger partial charge in [0.25, 0.3) is 11.5 Å². The van der Waals surface area contributed by atoms with Crippen LogP contribution in [0.25, 0.3) is 10.9 Å². The number of pyridine rings is 1. The number of nitrogens with one attached hydrogen (secondary N) is 2. The highest BCUT2D eigenvalue weighted by Crippen LogP contribution is 2.45. The van der Waals surface area contributed by atoms with E-state index in [4.69, 9.17) is 16.3 Å². The molecular weight excluding hydrogens is 556 g/mol. The van der Waals surface area contributed by atoms with Crippen molar-refractivity contribution in [1.82, 2.24) is 14.5 Å². The highest BCUT2D eigenvalue weighted by molar-refractivity contribution is 6.33. The fraction of sp³-hybridized carbons (Fsp3) is 0.500. The minimum Gasteiger partial charge on any atom is -0.480 e. The second kappa shape index (κ2) is 9.65. The highest BCUT2D eigenvalue weighted by atomic mass is 35.5. The van der Waals surface area contributed by atoms with E-state index in [0.717, 1.165) is 0 Å². The van der Waals surface area contributed by atoms with Gasteiger partial charge in [0.15, 0.2) is 12.4 Å². The standard InChI is InChI=1S/C26H27ClF4N6O3/c1-36-18-5-4-15(8-16(18)19-20(23(36)39)40-12-26(30,31)21(34-19)13-2-3-13)33-22-17(27)9-32-24(35-22)37-7-6-25(28,29)14(10-37)11-38/h4-5,8-9,13-14,21,34,38H,2-3,6-7,10-12H2,1H3,(H,32,33,35). The Morgan fingerprint density at radius 3 is 2.75 bits per heavy atom. The molecule has 40 heavy (non-hydrogen) atoms. The second-order valence-corrected chi connectivity index (χ2v) is 11.0. The summed E-state index contributed by atoms with van der Waals surface area (Å²) in [5.74, 6) is -7.41. The number of hydrogen-bond acceptors (Lipinski definition) is 8. The largest absolute Gasteiger partial charge is 0.480 e. The molecule has 1 aliphatic carbocycles. The van der Waals surface area contributed by atoms with E-state index in [1.54, 1.807) is 23.1 Å². The Labute approximate surface area is 231 Å². The summed E-state index contributed by atoms with van der Waals surface area (Å²) in [5, 5.41) is 16.1. The zero-order valence-corrected chi connectivity index (χ0v) is 22.2. The number of piperidine rings is 1. The van der Waals surface area contributed by atoms with Crippen molar-refractivity contribution in [2.24, 2.45) is 18.9 Å². The highest BCUT2D eigenvalue weighted by Gasteiger charge is 2.51. The Hall–Kier alpha value is -3.32. The van der Waals surface area contributed by atoms with Gasteiger partial charge in [-0.1, -0.05) is 11.6 Å². The van der Waals surface area contributed by atoms with Crippen LogP contribution in [-0.4, -0.2) is 63.8 Å². The second-order valence-electron chi connectivity index (χ2n) is 10.6. The molecule has 2 atom stereocenters. The predicted molar refractivity (Wildman–Crippen MR) is 142 cm³/mol. The number of halogens is 5. The van der Waals surface area contributed by atoms with Crippen molar-refractivity contribution < 1.29 is 27.4 Å². The van der Waals surface area contributed by atoms with Gasteiger partial charge in [-0.2, -0.15) is 4.98 Å². The maximum absolute atomic E-state index is 14.9. The Bertz CT molecular complexity index is 1530. The molecule has 4 heterocycles. The molecule has 214 valence electrons. The van der Waals surface area contributed by atoms with Crippen LogP contribution in [0.4, 0.5) is 40.7 Å². The number of aromatic nitrogens is 3. The molecule has 0 spiro atoms. The van der Waals surface area contributed by atoms with E-state index in [9.17, 15) is 27.5 Å². The number of alkyl halides is 4. The molecular formula is C26H27ClF4N6O3. The van der Waals surface area contributed by atoms with Crippen LogP contribution >= 0.6 is 11.6 Å². The zero-order valence-electron chi connectivity index (χ0n) is 21.4. The van der Waals surface area contributed by atoms with Crippen molar-refractivity contribution in [1.29, 1.82) is 0 Å². The van der Waals surface area contributed by atoms with Crippen LogP contribution in [0, 0.1) is 11.8 Å². The van der Waals surface area contributed by atoms with Crippen molar-refractivity contribution in [3.8, 4) is 5.75 Å². The smallest absolute Gasteiger partial charge is 0.301 e. The molecule has 0 amide bonds. The summed E-state index contributed by atoms with van der Waals surface area (Å²) in [6.07, 6.45) is 2.24. The summed E-state index contributed by atoms with van der Waals surface area (Å²) in [7, 11) is 1.54. The summed E-state index contributed by atoms with van der Waals surface area (Å²) in [6, 6.07) is 3.86. The number of benzene rings is 1. The number of ether oxygens (including phenoxy) is 1. The van der Waals surface area contributed by atoms with E-state index in [1.165, 1.54) is 17.8 Å². The molecule has 2 aromatic heterocycles. The molecule has 0 radical (unpaired) electrons. The first-order valence-corrected chi connectivity index (χ1v) is 13.3. The summed E-state index contributed by atoms with van der Waals surface area (Å²) in [5.41, 5.74) is 0.664. The van der Waals surface area contributed by atoms with Gasteiger partial charge >= 0.3 is 5.92 Å². The molecule has 3 N–H and O–H groups in total. The van der Waals surface area contributed by atoms with Crippen molar-refractivity contribution in [2.75, 3.05) is 41.8 Å². The summed E-state index contributed by atoms with van der Waals surface area (Å²) in [4.78, 5) is 23.2. The van der Waals surface area contributed by atoms with Crippen LogP contribution in [0.15, 0.2) is 29.2 Å². The van der Waals surface area contributed by atoms with Gasteiger partial charge in [-0.25, -0.2) is 22.5 Å². The van der Waals surface area contributed by atoms with Crippen molar-refractivity contribution in [2.45, 2.75) is 37.1 Å². The molecule has 6 rings (SSSR count). The normalized spacial score (nSPS) is 23.6. The van der Waals surface area contributed by atoms with Crippen molar-refractivity contribution in [3.63, 3.8) is 0 Å². The monoisotopic (exact) mass is 582 g/mol. The van der Waals surface area contributed by atoms with Crippen LogP contribution in [0.3, 0.4) is 0 Å². The Morgan fingerprint density at radius 1 is 1.25 bits per heavy atom. The van der Waals surface area contributed by atoms with Crippen LogP contribution in [0.2, 0.25) is 5.02 Å². The molecule has 3 aliphatic rings. The average Bonchev–Trinajstić information content (AvgIpc) is 3.76. The van der Waals surface area contributed by atoms with Gasteiger partial charge in [0, 0.05) is 37.6 Å². The molecule has 2 unspecified atom stereocenters. The van der Waals surface area contributed by atoms with Gasteiger partial charge in [0.05, 0.1) is 36.0 Å². The number of aliphatic hydroxyl groups is 1. The first kappa shape index (κ1) is 26.9. The lowest BCUT2D eigenvalue weighted by Crippen LogP contribution is -2.49. The Morgan fingerprint density at radius 2 is 2.02 bits per heavy atom. The summed E-state index contributed by atoms with van der Waals surface area (Å²) < 4.78 is 64.7. The quantitative estimate of drug-likeness (QED) is 0.381. The van der Waals surface area contributed by atoms with Gasteiger partial charge in [-0.3, -0.25) is 4.79 Å². The maximum atomic E-state index is 14.9. The van der Waals surface area contributed by atoms with Crippen LogP contribution in [-0.2, 0) is 7.05 Å². The average molecular weight is 583 g/mol. The fourth-order valence-corrected chi connectivity index (χ4v) is 5.51. The van der Waals surface area contributed by atoms with E-state index in [2.05, 4.69) is 20.6 Å². The van der Waals surface area contributed by atoms with Gasteiger partial charge in [0.2, 0.25) is 11.7 Å². The first-order chi connectivity index (χ1) is 19.0. The van der Waals surface area contributed by atoms with E-state index in [1.807, 2.05) is 0 Å². The lowest BCUT2D eigenvalue weighted by atomic mass is 9.94. The number of aryl methyl sites for hydroxylation is 1. The SMILES string of the molecule is Cn1c(=O)c2c(c3cc(Nc4nc(N5CCC(F)(F)C(CO)C5)ncc4Cl)ccc31)NC(C1CC1)C(F)(F)CO2. The summed E-state index contributed by atoms with van der Waals surface area (Å²) >= 11 is 6.35. The summed E-state index contributed by atoms with van der Waals surface area (Å²) in [6.45, 7) is -1.69. The van der Waals surface area contributed by atoms with E-state index in [0.29, 0.717) is 29.4 Å². The number of rotatable bonds is 5. The Kier molecular flexibility index (Phi) is 6.49. The van der Waals surface area contributed by atoms with Gasteiger partial charge in [-0.15, -0.1) is 0 Å². The van der Waals surface area contributed by atoms with E-state index < -0.39 is 49.0 Å². The predicted octanol–water partition coefficient (Wildman–Crippen LogP) is 4.40. The molecule has 0 bridgehead atoms. The van der Waals surface area contributed by atoms with E-state index >= 15 is 0 Å². The topological polar surface area (TPSA) is 105 Å². The molecule has 3 aromatic rings. The molecule has 14 heteroatoms. The number of fused-ring (bicyclic) bond motifs is 3. The third kappa shape index (κ3) is 4.68. The molecule has 1 saturated heterocycles. The molecule has 1 saturated carbocycles. The van der Waals surface area contributed by atoms with Crippen LogP contribution in [0.5, 0.6) is 5.75 Å². The van der Waals surface area contributed by atoms with Gasteiger partial charge in [0.1, 0.15) is 5.02 Å². The van der Waals surface area contributed by atoms with Crippen molar-refractivity contribution in [3.05, 3.63) is 39.8 Å². The lowest BCUT2D eigenvalue weighted by Gasteiger charge is -2.37. The number of hydrogen-bond donors (Lipinski definition) is 3. The van der Waals surface area contributed by atoms with Gasteiger partial charge < -0.3 is 29.9 Å². The zero-order chi connectivity index (χ0) is 28.4. The maximum Gasteiger partial charge on any atom is 0.301 e. The minimum absolute atomic E-state index is 0.000817. The molecule has 2 aliphatic heterocycles. The molecule has 1 aromatic carbocycles. The number of aliphatic hydroxyl groups excluding tert-OH is 1.